The summed E-state index contributed by atoms with van der Waals surface area (Å²) in [5, 5.41) is 2.54. The van der Waals surface area contributed by atoms with Crippen molar-refractivity contribution >= 4 is 10.8 Å². The zero-order chi connectivity index (χ0) is 22.2. The van der Waals surface area contributed by atoms with Crippen molar-refractivity contribution in [3.05, 3.63) is 114 Å². The molecule has 1 aromatic heterocycles. The predicted octanol–water partition coefficient (Wildman–Crippen LogP) is 7.59. The minimum absolute atomic E-state index is 1.25. The van der Waals surface area contributed by atoms with Crippen LogP contribution in [0.3, 0.4) is 0 Å². The number of fused-ring (bicyclic) bond motifs is 1. The summed E-state index contributed by atoms with van der Waals surface area (Å²) >= 11 is 0. The Kier molecular flexibility index (Phi) is 5.11. The summed E-state index contributed by atoms with van der Waals surface area (Å²) in [5.74, 6) is 0. The van der Waals surface area contributed by atoms with E-state index in [2.05, 4.69) is 130 Å². The monoisotopic (exact) mass is 414 g/mol. The topological polar surface area (TPSA) is 3.88 Å². The molecule has 0 fully saturated rings. The van der Waals surface area contributed by atoms with E-state index in [-0.39, 0.29) is 0 Å². The number of hydrogen-bond acceptors (Lipinski definition) is 0. The van der Waals surface area contributed by atoms with E-state index >= 15 is 0 Å². The molecule has 0 aliphatic heterocycles. The number of pyridine rings is 1. The average molecular weight is 415 g/mol. The first-order valence-electron chi connectivity index (χ1n) is 11.2. The lowest BCUT2D eigenvalue weighted by molar-refractivity contribution is -0.659. The minimum Gasteiger partial charge on any atom is -0.200 e. The maximum Gasteiger partial charge on any atom is 0.220 e. The Labute approximate surface area is 190 Å². The maximum atomic E-state index is 2.34. The van der Waals surface area contributed by atoms with Crippen LogP contribution < -0.4 is 4.57 Å². The van der Waals surface area contributed by atoms with Gasteiger partial charge in [0, 0.05) is 11.6 Å². The van der Waals surface area contributed by atoms with Crippen LogP contribution in [0.5, 0.6) is 0 Å². The van der Waals surface area contributed by atoms with Gasteiger partial charge in [0.05, 0.1) is 5.39 Å². The molecule has 0 aliphatic rings. The largest absolute Gasteiger partial charge is 0.220 e. The van der Waals surface area contributed by atoms with Crippen LogP contribution in [-0.2, 0) is 7.05 Å². The van der Waals surface area contributed by atoms with Crippen molar-refractivity contribution in [2.45, 2.75) is 20.8 Å². The minimum atomic E-state index is 1.25. The number of hydrogen-bond donors (Lipinski definition) is 0. The molecule has 0 unspecified atom stereocenters. The van der Waals surface area contributed by atoms with E-state index in [4.69, 9.17) is 0 Å². The fourth-order valence-corrected chi connectivity index (χ4v) is 4.87. The van der Waals surface area contributed by atoms with Crippen molar-refractivity contribution in [2.75, 3.05) is 0 Å². The predicted molar refractivity (Wildman–Crippen MR) is 136 cm³/mol. The molecule has 5 aromatic rings. The summed E-state index contributed by atoms with van der Waals surface area (Å²) in [7, 11) is 2.14. The van der Waals surface area contributed by atoms with Gasteiger partial charge in [-0.1, -0.05) is 66.7 Å². The fourth-order valence-electron chi connectivity index (χ4n) is 4.87. The molecule has 0 spiro atoms. The first-order valence-corrected chi connectivity index (χ1v) is 11.2. The lowest BCUT2D eigenvalue weighted by atomic mass is 9.91. The SMILES string of the molecule is Cc1cc(-c2c(C)cccc2C)ccc1-c1c2ccc(-c3ccccc3)cc2cc[n+]1C. The normalized spacial score (nSPS) is 11.1. The highest BCUT2D eigenvalue weighted by Crippen LogP contribution is 2.34. The van der Waals surface area contributed by atoms with E-state index in [1.54, 1.807) is 0 Å². The highest BCUT2D eigenvalue weighted by atomic mass is 14.9. The van der Waals surface area contributed by atoms with Crippen LogP contribution in [0.2, 0.25) is 0 Å². The van der Waals surface area contributed by atoms with Crippen LogP contribution in [-0.4, -0.2) is 0 Å². The third-order valence-corrected chi connectivity index (χ3v) is 6.50. The fraction of sp³-hybridized carbons (Fsp3) is 0.129. The van der Waals surface area contributed by atoms with Crippen LogP contribution in [0.15, 0.2) is 97.2 Å². The van der Waals surface area contributed by atoms with Gasteiger partial charge in [-0.05, 0) is 83.3 Å². The summed E-state index contributed by atoms with van der Waals surface area (Å²) < 4.78 is 2.24. The maximum absolute atomic E-state index is 2.34. The Morgan fingerprint density at radius 1 is 0.562 bits per heavy atom. The first-order chi connectivity index (χ1) is 15.5. The van der Waals surface area contributed by atoms with Gasteiger partial charge < -0.3 is 0 Å². The molecule has 5 rings (SSSR count). The number of aromatic nitrogens is 1. The number of nitrogens with zero attached hydrogens (tertiary/aromatic N) is 1. The first kappa shape index (κ1) is 20.2. The van der Waals surface area contributed by atoms with Crippen molar-refractivity contribution in [3.8, 4) is 33.5 Å². The number of aryl methyl sites for hydroxylation is 4. The van der Waals surface area contributed by atoms with E-state index in [0.29, 0.717) is 0 Å². The lowest BCUT2D eigenvalue weighted by Gasteiger charge is -2.13. The highest BCUT2D eigenvalue weighted by Gasteiger charge is 2.18. The van der Waals surface area contributed by atoms with E-state index < -0.39 is 0 Å². The molecule has 156 valence electrons. The summed E-state index contributed by atoms with van der Waals surface area (Å²) in [6, 6.07) is 33.0. The molecule has 0 aliphatic carbocycles. The van der Waals surface area contributed by atoms with Crippen molar-refractivity contribution in [3.63, 3.8) is 0 Å². The molecule has 1 heteroatoms. The molecule has 0 amide bonds. The van der Waals surface area contributed by atoms with Gasteiger partial charge in [0.25, 0.3) is 0 Å². The standard InChI is InChI=1S/C31H28N/c1-21-9-8-10-22(2)30(21)27-14-15-28(23(3)19-27)31-29-16-13-25(24-11-6-5-7-12-24)20-26(29)17-18-32(31)4/h5-20H,1-4H3/q+1. The van der Waals surface area contributed by atoms with Gasteiger partial charge in [0.15, 0.2) is 6.20 Å². The Balaban J connectivity index is 1.65. The van der Waals surface area contributed by atoms with Gasteiger partial charge >= 0.3 is 0 Å². The Morgan fingerprint density at radius 3 is 2.00 bits per heavy atom. The number of benzene rings is 4. The molecule has 1 heterocycles. The molecule has 1 nitrogen and oxygen atoms in total. The molecule has 4 aromatic carbocycles. The Bertz CT molecular complexity index is 1420. The molecule has 0 N–H and O–H groups in total. The van der Waals surface area contributed by atoms with Crippen LogP contribution in [0, 0.1) is 20.8 Å². The molecule has 32 heavy (non-hydrogen) atoms. The number of rotatable bonds is 3. The van der Waals surface area contributed by atoms with E-state index in [9.17, 15) is 0 Å². The summed E-state index contributed by atoms with van der Waals surface area (Å²) in [6.07, 6.45) is 2.17. The van der Waals surface area contributed by atoms with Crippen LogP contribution in [0.4, 0.5) is 0 Å². The molecule has 0 saturated heterocycles. The van der Waals surface area contributed by atoms with Crippen LogP contribution in [0.1, 0.15) is 16.7 Å². The van der Waals surface area contributed by atoms with Gasteiger partial charge in [-0.15, -0.1) is 0 Å². The molecule has 0 bridgehead atoms. The van der Waals surface area contributed by atoms with Crippen molar-refractivity contribution < 1.29 is 4.57 Å². The third kappa shape index (κ3) is 3.50. The van der Waals surface area contributed by atoms with Crippen molar-refractivity contribution in [1.29, 1.82) is 0 Å². The van der Waals surface area contributed by atoms with E-state index in [1.165, 1.54) is 61.0 Å². The van der Waals surface area contributed by atoms with Gasteiger partial charge in [-0.25, -0.2) is 4.57 Å². The lowest BCUT2D eigenvalue weighted by Crippen LogP contribution is -2.30. The molecule has 0 radical (unpaired) electrons. The van der Waals surface area contributed by atoms with Crippen molar-refractivity contribution in [1.82, 2.24) is 0 Å². The highest BCUT2D eigenvalue weighted by molar-refractivity contribution is 5.96. The Hall–Kier alpha value is -3.71. The van der Waals surface area contributed by atoms with Crippen LogP contribution in [0.25, 0.3) is 44.3 Å². The van der Waals surface area contributed by atoms with Gasteiger partial charge in [0.2, 0.25) is 5.69 Å². The summed E-state index contributed by atoms with van der Waals surface area (Å²) in [5.41, 5.74) is 11.6. The van der Waals surface area contributed by atoms with Gasteiger partial charge in [0.1, 0.15) is 7.05 Å². The molecule has 0 atom stereocenters. The third-order valence-electron chi connectivity index (χ3n) is 6.50. The molecular formula is C31H28N+. The zero-order valence-electron chi connectivity index (χ0n) is 19.2. The van der Waals surface area contributed by atoms with Crippen molar-refractivity contribution in [2.24, 2.45) is 7.05 Å². The molecular weight excluding hydrogens is 386 g/mol. The quantitative estimate of drug-likeness (QED) is 0.268. The van der Waals surface area contributed by atoms with E-state index in [0.717, 1.165) is 0 Å². The average Bonchev–Trinajstić information content (AvgIpc) is 2.80. The zero-order valence-corrected chi connectivity index (χ0v) is 19.2. The summed E-state index contributed by atoms with van der Waals surface area (Å²) in [4.78, 5) is 0. The molecule has 0 saturated carbocycles. The Morgan fingerprint density at radius 2 is 1.28 bits per heavy atom. The second-order valence-corrected chi connectivity index (χ2v) is 8.74. The summed E-state index contributed by atoms with van der Waals surface area (Å²) in [6.45, 7) is 6.62. The van der Waals surface area contributed by atoms with Gasteiger partial charge in [-0.2, -0.15) is 0 Å². The smallest absolute Gasteiger partial charge is 0.200 e. The second-order valence-electron chi connectivity index (χ2n) is 8.74. The second kappa shape index (κ2) is 8.09. The van der Waals surface area contributed by atoms with Gasteiger partial charge in [-0.3, -0.25) is 0 Å². The van der Waals surface area contributed by atoms with E-state index in [1.807, 2.05) is 0 Å². The van der Waals surface area contributed by atoms with Crippen LogP contribution >= 0.6 is 0 Å².